The van der Waals surface area contributed by atoms with Crippen LogP contribution < -0.4 is 21.2 Å². The van der Waals surface area contributed by atoms with Gasteiger partial charge in [0.1, 0.15) is 12.3 Å². The van der Waals surface area contributed by atoms with E-state index in [9.17, 15) is 14.4 Å². The molecule has 0 atom stereocenters. The van der Waals surface area contributed by atoms with Crippen molar-refractivity contribution in [1.29, 1.82) is 0 Å². The van der Waals surface area contributed by atoms with Crippen LogP contribution in [0, 0.1) is 5.92 Å². The van der Waals surface area contributed by atoms with E-state index in [0.29, 0.717) is 24.5 Å². The molecule has 0 aliphatic heterocycles. The summed E-state index contributed by atoms with van der Waals surface area (Å²) in [6.07, 6.45) is 0. The Hall–Kier alpha value is -3.35. The Morgan fingerprint density at radius 2 is 1.75 bits per heavy atom. The zero-order chi connectivity index (χ0) is 20.1. The summed E-state index contributed by atoms with van der Waals surface area (Å²) >= 11 is 0. The fourth-order valence-electron chi connectivity index (χ4n) is 2.72. The summed E-state index contributed by atoms with van der Waals surface area (Å²) < 4.78 is 6.66. The lowest BCUT2D eigenvalue weighted by Crippen LogP contribution is -2.36. The smallest absolute Gasteiger partial charge is 0.273 e. The number of hydrogen-bond donors (Lipinski definition) is 2. The molecular formula is C21H23N3O4. The van der Waals surface area contributed by atoms with Crippen LogP contribution in [0.4, 0.5) is 0 Å². The predicted molar refractivity (Wildman–Crippen MR) is 107 cm³/mol. The van der Waals surface area contributed by atoms with E-state index in [0.717, 1.165) is 16.0 Å². The molecule has 146 valence electrons. The Morgan fingerprint density at radius 3 is 2.43 bits per heavy atom. The molecule has 0 saturated heterocycles. The van der Waals surface area contributed by atoms with Crippen LogP contribution in [0.15, 0.2) is 58.1 Å². The van der Waals surface area contributed by atoms with E-state index in [4.69, 9.17) is 4.74 Å². The van der Waals surface area contributed by atoms with Crippen molar-refractivity contribution in [3.8, 4) is 5.75 Å². The van der Waals surface area contributed by atoms with Gasteiger partial charge in [-0.25, -0.2) is 4.68 Å². The van der Waals surface area contributed by atoms with Gasteiger partial charge in [-0.3, -0.25) is 19.5 Å². The lowest BCUT2D eigenvalue weighted by atomic mass is 10.2. The summed E-state index contributed by atoms with van der Waals surface area (Å²) in [5.41, 5.74) is 0.0987. The number of carbonyl (C=O) groups is 1. The second-order valence-corrected chi connectivity index (χ2v) is 7.00. The molecule has 0 radical (unpaired) electrons. The van der Waals surface area contributed by atoms with Gasteiger partial charge in [0.2, 0.25) is 5.91 Å². The van der Waals surface area contributed by atoms with Crippen molar-refractivity contribution in [3.63, 3.8) is 0 Å². The summed E-state index contributed by atoms with van der Waals surface area (Å²) in [5.74, 6) is 0.862. The van der Waals surface area contributed by atoms with Crippen molar-refractivity contribution in [2.45, 2.75) is 26.9 Å². The second kappa shape index (κ2) is 8.56. The van der Waals surface area contributed by atoms with E-state index in [1.807, 2.05) is 24.3 Å². The van der Waals surface area contributed by atoms with Crippen LogP contribution in [0.5, 0.6) is 5.75 Å². The molecule has 0 fully saturated rings. The van der Waals surface area contributed by atoms with Crippen molar-refractivity contribution in [2.24, 2.45) is 5.92 Å². The number of H-pyrrole nitrogens is 1. The number of nitrogens with zero attached hydrogens (tertiary/aromatic N) is 1. The SMILES string of the molecule is CC(C)COc1ccc(CNC(=O)Cn2[nH]c(=O)c3ccccc3c2=O)cc1. The van der Waals surface area contributed by atoms with Gasteiger partial charge >= 0.3 is 0 Å². The first-order valence-electron chi connectivity index (χ1n) is 9.14. The average Bonchev–Trinajstić information content (AvgIpc) is 2.69. The van der Waals surface area contributed by atoms with E-state index in [-0.39, 0.29) is 17.8 Å². The van der Waals surface area contributed by atoms with Crippen LogP contribution in [0.3, 0.4) is 0 Å². The first-order valence-corrected chi connectivity index (χ1v) is 9.14. The lowest BCUT2D eigenvalue weighted by molar-refractivity contribution is -0.122. The molecule has 2 N–H and O–H groups in total. The molecule has 7 nitrogen and oxygen atoms in total. The normalized spacial score (nSPS) is 11.0. The number of amides is 1. The summed E-state index contributed by atoms with van der Waals surface area (Å²) in [6.45, 7) is 4.87. The first-order chi connectivity index (χ1) is 13.4. The van der Waals surface area contributed by atoms with E-state index in [1.54, 1.807) is 24.3 Å². The maximum atomic E-state index is 12.4. The fraction of sp³-hybridized carbons (Fsp3) is 0.286. The van der Waals surface area contributed by atoms with Gasteiger partial charge in [-0.15, -0.1) is 0 Å². The highest BCUT2D eigenvalue weighted by atomic mass is 16.5. The Labute approximate surface area is 161 Å². The van der Waals surface area contributed by atoms with Crippen molar-refractivity contribution in [1.82, 2.24) is 15.1 Å². The lowest BCUT2D eigenvalue weighted by Gasteiger charge is -2.10. The molecule has 0 aliphatic rings. The molecule has 0 bridgehead atoms. The van der Waals surface area contributed by atoms with E-state index in [1.165, 1.54) is 0 Å². The summed E-state index contributed by atoms with van der Waals surface area (Å²) in [7, 11) is 0. The third kappa shape index (κ3) is 4.68. The minimum Gasteiger partial charge on any atom is -0.493 e. The van der Waals surface area contributed by atoms with Crippen LogP contribution >= 0.6 is 0 Å². The van der Waals surface area contributed by atoms with Crippen molar-refractivity contribution >= 4 is 16.7 Å². The number of aromatic amines is 1. The predicted octanol–water partition coefficient (Wildman–Crippen LogP) is 2.04. The quantitative estimate of drug-likeness (QED) is 0.655. The summed E-state index contributed by atoms with van der Waals surface area (Å²) in [4.78, 5) is 36.7. The van der Waals surface area contributed by atoms with Crippen LogP contribution in [-0.4, -0.2) is 22.3 Å². The van der Waals surface area contributed by atoms with Gasteiger partial charge in [0.05, 0.1) is 17.4 Å². The Morgan fingerprint density at radius 1 is 1.07 bits per heavy atom. The van der Waals surface area contributed by atoms with Crippen LogP contribution in [-0.2, 0) is 17.9 Å². The zero-order valence-electron chi connectivity index (χ0n) is 15.9. The van der Waals surface area contributed by atoms with Gasteiger partial charge < -0.3 is 10.1 Å². The first kappa shape index (κ1) is 19.4. The van der Waals surface area contributed by atoms with E-state index >= 15 is 0 Å². The number of benzene rings is 2. The van der Waals surface area contributed by atoms with Crippen molar-refractivity contribution in [3.05, 3.63) is 74.8 Å². The van der Waals surface area contributed by atoms with E-state index in [2.05, 4.69) is 24.3 Å². The fourth-order valence-corrected chi connectivity index (χ4v) is 2.72. The molecule has 28 heavy (non-hydrogen) atoms. The second-order valence-electron chi connectivity index (χ2n) is 7.00. The Balaban J connectivity index is 1.62. The number of rotatable bonds is 7. The molecule has 3 aromatic rings. The highest BCUT2D eigenvalue weighted by Gasteiger charge is 2.10. The van der Waals surface area contributed by atoms with E-state index < -0.39 is 11.1 Å². The Kier molecular flexibility index (Phi) is 5.93. The van der Waals surface area contributed by atoms with Gasteiger partial charge in [0, 0.05) is 6.54 Å². The third-order valence-electron chi connectivity index (χ3n) is 4.18. The number of fused-ring (bicyclic) bond motifs is 1. The Bertz CT molecular complexity index is 1080. The summed E-state index contributed by atoms with van der Waals surface area (Å²) in [6, 6.07) is 14.0. The minimum absolute atomic E-state index is 0.255. The maximum absolute atomic E-state index is 12.4. The molecule has 3 rings (SSSR count). The number of carbonyl (C=O) groups excluding carboxylic acids is 1. The van der Waals surface area contributed by atoms with Gasteiger partial charge in [-0.2, -0.15) is 0 Å². The number of hydrogen-bond acceptors (Lipinski definition) is 4. The van der Waals surface area contributed by atoms with Gasteiger partial charge in [-0.05, 0) is 35.7 Å². The van der Waals surface area contributed by atoms with Gasteiger partial charge in [0.15, 0.2) is 0 Å². The molecule has 1 amide bonds. The molecule has 0 unspecified atom stereocenters. The van der Waals surface area contributed by atoms with Gasteiger partial charge in [-0.1, -0.05) is 38.1 Å². The number of aromatic nitrogens is 2. The standard InChI is InChI=1S/C21H23N3O4/c1-14(2)13-28-16-9-7-15(8-10-16)11-22-19(25)12-24-21(27)18-6-4-3-5-17(18)20(26)23-24/h3-10,14H,11-13H2,1-2H3,(H,22,25)(H,23,26). The van der Waals surface area contributed by atoms with Crippen LogP contribution in [0.2, 0.25) is 0 Å². The average molecular weight is 381 g/mol. The molecule has 2 aromatic carbocycles. The largest absolute Gasteiger partial charge is 0.493 e. The van der Waals surface area contributed by atoms with Crippen LogP contribution in [0.1, 0.15) is 19.4 Å². The van der Waals surface area contributed by atoms with Gasteiger partial charge in [0.25, 0.3) is 11.1 Å². The topological polar surface area (TPSA) is 93.2 Å². The molecule has 1 aromatic heterocycles. The van der Waals surface area contributed by atoms with Crippen LogP contribution in [0.25, 0.3) is 10.8 Å². The molecule has 0 aliphatic carbocycles. The molecule has 0 saturated carbocycles. The number of nitrogens with one attached hydrogen (secondary N) is 2. The zero-order valence-corrected chi connectivity index (χ0v) is 15.9. The maximum Gasteiger partial charge on any atom is 0.273 e. The molecule has 0 spiro atoms. The highest BCUT2D eigenvalue weighted by molar-refractivity contribution is 5.81. The summed E-state index contributed by atoms with van der Waals surface area (Å²) in [5, 5.41) is 5.80. The number of ether oxygens (including phenoxy) is 1. The molecule has 1 heterocycles. The third-order valence-corrected chi connectivity index (χ3v) is 4.18. The minimum atomic E-state index is -0.406. The van der Waals surface area contributed by atoms with Crippen molar-refractivity contribution in [2.75, 3.05) is 6.61 Å². The molecular weight excluding hydrogens is 358 g/mol. The van der Waals surface area contributed by atoms with Crippen molar-refractivity contribution < 1.29 is 9.53 Å². The highest BCUT2D eigenvalue weighted by Crippen LogP contribution is 2.13. The molecule has 7 heteroatoms. The monoisotopic (exact) mass is 381 g/mol.